The third kappa shape index (κ3) is 5.70. The topological polar surface area (TPSA) is 15.6 Å². The fraction of sp³-hybridized carbons (Fsp3) is 0.588. The molecule has 0 fully saturated rings. The molecule has 20 heavy (non-hydrogen) atoms. The Balaban J connectivity index is 3.20. The molecule has 1 aromatic rings. The zero-order valence-electron chi connectivity index (χ0n) is 13.9. The van der Waals surface area contributed by atoms with Gasteiger partial charge in [0.15, 0.2) is 0 Å². The average Bonchev–Trinajstić information content (AvgIpc) is 2.33. The van der Waals surface area contributed by atoms with E-state index in [-0.39, 0.29) is 15.7 Å². The fourth-order valence-corrected chi connectivity index (χ4v) is 4.57. The Morgan fingerprint density at radius 1 is 1.05 bits per heavy atom. The maximum absolute atomic E-state index is 4.93. The Labute approximate surface area is 131 Å². The van der Waals surface area contributed by atoms with Gasteiger partial charge in [0.2, 0.25) is 0 Å². The molecule has 0 aliphatic heterocycles. The van der Waals surface area contributed by atoms with E-state index in [1.165, 1.54) is 11.4 Å². The van der Waals surface area contributed by atoms with Crippen LogP contribution in [-0.4, -0.2) is 37.4 Å². The summed E-state index contributed by atoms with van der Waals surface area (Å²) in [6, 6.07) is 11.4. The van der Waals surface area contributed by atoms with Crippen molar-refractivity contribution in [2.45, 2.75) is 64.8 Å². The molecule has 0 aromatic heterocycles. The zero-order chi connectivity index (χ0) is 15.3. The van der Waals surface area contributed by atoms with Crippen molar-refractivity contribution in [3.63, 3.8) is 0 Å². The summed E-state index contributed by atoms with van der Waals surface area (Å²) in [5, 5.41) is 0. The van der Waals surface area contributed by atoms with Crippen LogP contribution in [-0.2, 0) is 0 Å². The Morgan fingerprint density at radius 3 is 2.00 bits per heavy atom. The van der Waals surface area contributed by atoms with Crippen molar-refractivity contribution in [3.05, 3.63) is 35.9 Å². The van der Waals surface area contributed by atoms with Gasteiger partial charge in [0.05, 0.1) is 0 Å². The van der Waals surface area contributed by atoms with Crippen LogP contribution in [0.15, 0.2) is 35.3 Å². The first-order valence-corrected chi connectivity index (χ1v) is 9.39. The SMILES string of the molecule is CC(C)N=C(c1ccccc1)[N]([Ge][C](C)(C)C)C(C)C. The molecule has 0 atom stereocenters. The Kier molecular flexibility index (Phi) is 6.31. The molecule has 3 heteroatoms. The molecule has 2 radical (unpaired) electrons. The van der Waals surface area contributed by atoms with E-state index in [1.54, 1.807) is 0 Å². The second kappa shape index (κ2) is 7.30. The summed E-state index contributed by atoms with van der Waals surface area (Å²) in [5.41, 5.74) is 1.24. The van der Waals surface area contributed by atoms with E-state index in [1.807, 2.05) is 0 Å². The van der Waals surface area contributed by atoms with Crippen LogP contribution in [0.25, 0.3) is 0 Å². The molecule has 0 saturated carbocycles. The Bertz CT molecular complexity index is 430. The molecule has 2 nitrogen and oxygen atoms in total. The molecule has 0 saturated heterocycles. The predicted octanol–water partition coefficient (Wildman–Crippen LogP) is 4.39. The van der Waals surface area contributed by atoms with E-state index in [9.17, 15) is 0 Å². The molecule has 0 aliphatic carbocycles. The number of benzene rings is 1. The first-order chi connectivity index (χ1) is 9.20. The van der Waals surface area contributed by atoms with Crippen LogP contribution in [0, 0.1) is 0 Å². The molecule has 0 amide bonds. The van der Waals surface area contributed by atoms with Crippen LogP contribution < -0.4 is 0 Å². The molecule has 0 N–H and O–H groups in total. The van der Waals surface area contributed by atoms with Gasteiger partial charge in [-0.05, 0) is 0 Å². The molecule has 0 unspecified atom stereocenters. The van der Waals surface area contributed by atoms with Crippen LogP contribution in [0.5, 0.6) is 0 Å². The van der Waals surface area contributed by atoms with Gasteiger partial charge >= 0.3 is 131 Å². The van der Waals surface area contributed by atoms with Gasteiger partial charge in [-0.25, -0.2) is 0 Å². The van der Waals surface area contributed by atoms with Gasteiger partial charge < -0.3 is 0 Å². The molecule has 0 spiro atoms. The van der Waals surface area contributed by atoms with Crippen molar-refractivity contribution in [3.8, 4) is 0 Å². The van der Waals surface area contributed by atoms with Crippen molar-refractivity contribution in [2.75, 3.05) is 0 Å². The number of rotatable bonds is 4. The Morgan fingerprint density at radius 2 is 1.60 bits per heavy atom. The average molecular weight is 333 g/mol. The maximum atomic E-state index is 4.93. The Hall–Kier alpha value is -0.767. The summed E-state index contributed by atoms with van der Waals surface area (Å²) in [5.74, 6) is 1.17. The summed E-state index contributed by atoms with van der Waals surface area (Å²) in [6.45, 7) is 15.8. The number of nitrogens with zero attached hydrogens (tertiary/aromatic N) is 2. The normalized spacial score (nSPS) is 13.2. The first kappa shape index (κ1) is 17.3. The summed E-state index contributed by atoms with van der Waals surface area (Å²) in [6.07, 6.45) is 0. The number of aliphatic imine (C=N–C) groups is 1. The predicted molar refractivity (Wildman–Crippen MR) is 90.6 cm³/mol. The number of hydrogen-bond donors (Lipinski definition) is 0. The fourth-order valence-electron chi connectivity index (χ4n) is 1.90. The summed E-state index contributed by atoms with van der Waals surface area (Å²) in [4.78, 5) is 4.93. The van der Waals surface area contributed by atoms with Crippen LogP contribution in [0.1, 0.15) is 54.0 Å². The van der Waals surface area contributed by atoms with Gasteiger partial charge in [0, 0.05) is 0 Å². The molecule has 0 aliphatic rings. The summed E-state index contributed by atoms with van der Waals surface area (Å²) < 4.78 is 2.92. The quantitative estimate of drug-likeness (QED) is 0.453. The van der Waals surface area contributed by atoms with Gasteiger partial charge in [-0.3, -0.25) is 0 Å². The third-order valence-electron chi connectivity index (χ3n) is 2.61. The van der Waals surface area contributed by atoms with Crippen LogP contribution in [0.3, 0.4) is 0 Å². The second-order valence-electron chi connectivity index (χ2n) is 6.74. The van der Waals surface area contributed by atoms with Crippen LogP contribution in [0.2, 0.25) is 4.25 Å². The van der Waals surface area contributed by atoms with Crippen molar-refractivity contribution >= 4 is 21.5 Å². The minimum atomic E-state index is -0.273. The minimum absolute atomic E-state index is 0.273. The monoisotopic (exact) mass is 334 g/mol. The summed E-state index contributed by atoms with van der Waals surface area (Å²) in [7, 11) is 0. The molecule has 0 bridgehead atoms. The van der Waals surface area contributed by atoms with Crippen molar-refractivity contribution in [1.29, 1.82) is 0 Å². The molecular weight excluding hydrogens is 305 g/mol. The molecular formula is C17H28GeN2. The standard InChI is InChI=1S/C17H28GeN2/c1-13(2)19-16(15-11-9-8-10-12-15)20(14(3)4)18-17(5,6)7/h8-14H,1-7H3. The van der Waals surface area contributed by atoms with Gasteiger partial charge in [0.1, 0.15) is 0 Å². The molecule has 0 heterocycles. The van der Waals surface area contributed by atoms with Gasteiger partial charge in [-0.1, -0.05) is 0 Å². The van der Waals surface area contributed by atoms with Crippen molar-refractivity contribution in [1.82, 2.24) is 3.86 Å². The van der Waals surface area contributed by atoms with Gasteiger partial charge in [-0.15, -0.1) is 0 Å². The molecule has 1 rings (SSSR count). The number of hydrogen-bond acceptors (Lipinski definition) is 1. The van der Waals surface area contributed by atoms with E-state index in [4.69, 9.17) is 4.99 Å². The van der Waals surface area contributed by atoms with Gasteiger partial charge in [-0.2, -0.15) is 0 Å². The summed E-state index contributed by atoms with van der Waals surface area (Å²) >= 11 is -0.273. The third-order valence-corrected chi connectivity index (χ3v) is 6.05. The molecule has 1 aromatic carbocycles. The van der Waals surface area contributed by atoms with Crippen LogP contribution in [0.4, 0.5) is 0 Å². The zero-order valence-corrected chi connectivity index (χ0v) is 16.0. The number of amidine groups is 1. The van der Waals surface area contributed by atoms with E-state index in [0.717, 1.165) is 0 Å². The van der Waals surface area contributed by atoms with Crippen LogP contribution >= 0.6 is 0 Å². The molecule has 110 valence electrons. The second-order valence-corrected chi connectivity index (χ2v) is 11.4. The van der Waals surface area contributed by atoms with E-state index in [0.29, 0.717) is 16.3 Å². The van der Waals surface area contributed by atoms with E-state index >= 15 is 0 Å². The van der Waals surface area contributed by atoms with E-state index < -0.39 is 0 Å². The first-order valence-electron chi connectivity index (χ1n) is 7.41. The van der Waals surface area contributed by atoms with Crippen molar-refractivity contribution < 1.29 is 0 Å². The van der Waals surface area contributed by atoms with Gasteiger partial charge in [0.25, 0.3) is 0 Å². The van der Waals surface area contributed by atoms with E-state index in [2.05, 4.69) is 82.7 Å². The van der Waals surface area contributed by atoms with Crippen molar-refractivity contribution in [2.24, 2.45) is 4.99 Å².